The third kappa shape index (κ3) is 4.30. The molecule has 0 unspecified atom stereocenters. The van der Waals surface area contributed by atoms with Gasteiger partial charge in [-0.3, -0.25) is 4.79 Å². The van der Waals surface area contributed by atoms with Crippen molar-refractivity contribution in [2.24, 2.45) is 5.73 Å². The van der Waals surface area contributed by atoms with E-state index in [0.717, 1.165) is 0 Å². The van der Waals surface area contributed by atoms with Gasteiger partial charge in [-0.2, -0.15) is 0 Å². The number of carboxylic acid groups (broad SMARTS) is 1. The number of amides is 3. The minimum Gasteiger partial charge on any atom is -0.480 e. The number of anilines is 1. The van der Waals surface area contributed by atoms with Crippen molar-refractivity contribution in [2.75, 3.05) is 5.32 Å². The Kier molecular flexibility index (Phi) is 4.87. The lowest BCUT2D eigenvalue weighted by Crippen LogP contribution is -2.42. The monoisotopic (exact) mass is 265 g/mol. The van der Waals surface area contributed by atoms with Gasteiger partial charge >= 0.3 is 12.0 Å². The molecule has 5 N–H and O–H groups in total. The molecule has 1 rings (SSSR count). The van der Waals surface area contributed by atoms with Crippen molar-refractivity contribution in [1.82, 2.24) is 5.32 Å². The average molecular weight is 265 g/mol. The van der Waals surface area contributed by atoms with Crippen molar-refractivity contribution in [3.8, 4) is 0 Å². The fraction of sp³-hybridized carbons (Fsp3) is 0.250. The molecule has 0 saturated carbocycles. The molecule has 7 nitrogen and oxygen atoms in total. The number of aliphatic carboxylic acids is 1. The summed E-state index contributed by atoms with van der Waals surface area (Å²) in [6.45, 7) is 1.65. The number of hydrogen-bond donors (Lipinski definition) is 4. The molecular formula is C12H15N3O4. The van der Waals surface area contributed by atoms with Gasteiger partial charge in [-0.25, -0.2) is 9.59 Å². The number of primary amides is 1. The zero-order valence-electron chi connectivity index (χ0n) is 10.3. The van der Waals surface area contributed by atoms with Crippen molar-refractivity contribution < 1.29 is 19.5 Å². The summed E-state index contributed by atoms with van der Waals surface area (Å²) in [5.74, 6) is -1.66. The minimum atomic E-state index is -1.10. The van der Waals surface area contributed by atoms with Gasteiger partial charge < -0.3 is 21.5 Å². The van der Waals surface area contributed by atoms with Crippen LogP contribution in [0, 0.1) is 0 Å². The summed E-state index contributed by atoms with van der Waals surface area (Å²) in [5, 5.41) is 13.6. The van der Waals surface area contributed by atoms with Crippen LogP contribution in [0.1, 0.15) is 23.7 Å². The molecule has 0 aliphatic heterocycles. The van der Waals surface area contributed by atoms with Gasteiger partial charge in [0.1, 0.15) is 6.04 Å². The minimum absolute atomic E-state index is 0.281. The Bertz CT molecular complexity index is 484. The summed E-state index contributed by atoms with van der Waals surface area (Å²) < 4.78 is 0. The van der Waals surface area contributed by atoms with Gasteiger partial charge in [0, 0.05) is 11.3 Å². The van der Waals surface area contributed by atoms with Crippen LogP contribution in [0.2, 0.25) is 0 Å². The third-order valence-corrected chi connectivity index (χ3v) is 2.44. The molecule has 0 aliphatic rings. The fourth-order valence-electron chi connectivity index (χ4n) is 1.38. The SMILES string of the molecule is CC[C@@H](NC(=O)Nc1ccc(C(N)=O)cc1)C(=O)O. The molecule has 19 heavy (non-hydrogen) atoms. The second-order valence-corrected chi connectivity index (χ2v) is 3.84. The molecule has 3 amide bonds. The van der Waals surface area contributed by atoms with Crippen molar-refractivity contribution in [1.29, 1.82) is 0 Å². The smallest absolute Gasteiger partial charge is 0.326 e. The van der Waals surface area contributed by atoms with Crippen molar-refractivity contribution in [3.63, 3.8) is 0 Å². The summed E-state index contributed by atoms with van der Waals surface area (Å²) in [6, 6.07) is 4.37. The predicted octanol–water partition coefficient (Wildman–Crippen LogP) is 0.770. The van der Waals surface area contributed by atoms with Gasteiger partial charge in [-0.15, -0.1) is 0 Å². The first-order chi connectivity index (χ1) is 8.93. The molecule has 0 saturated heterocycles. The first kappa shape index (κ1) is 14.5. The number of rotatable bonds is 5. The number of urea groups is 1. The number of nitrogens with two attached hydrogens (primary N) is 1. The van der Waals surface area contributed by atoms with E-state index in [1.807, 2.05) is 0 Å². The van der Waals surface area contributed by atoms with E-state index in [1.165, 1.54) is 24.3 Å². The summed E-state index contributed by atoms with van der Waals surface area (Å²) >= 11 is 0. The maximum absolute atomic E-state index is 11.5. The highest BCUT2D eigenvalue weighted by atomic mass is 16.4. The van der Waals surface area contributed by atoms with Crippen LogP contribution in [-0.4, -0.2) is 29.1 Å². The lowest BCUT2D eigenvalue weighted by atomic mass is 10.2. The molecule has 0 radical (unpaired) electrons. The molecule has 0 bridgehead atoms. The third-order valence-electron chi connectivity index (χ3n) is 2.44. The van der Waals surface area contributed by atoms with E-state index >= 15 is 0 Å². The zero-order valence-corrected chi connectivity index (χ0v) is 10.3. The summed E-state index contributed by atoms with van der Waals surface area (Å²) in [4.78, 5) is 33.1. The van der Waals surface area contributed by atoms with Crippen LogP contribution < -0.4 is 16.4 Å². The highest BCUT2D eigenvalue weighted by Crippen LogP contribution is 2.09. The normalized spacial score (nSPS) is 11.4. The molecule has 0 spiro atoms. The van der Waals surface area contributed by atoms with Gasteiger partial charge in [0.2, 0.25) is 5.91 Å². The molecule has 0 heterocycles. The number of benzene rings is 1. The van der Waals surface area contributed by atoms with E-state index < -0.39 is 23.9 Å². The summed E-state index contributed by atoms with van der Waals surface area (Å²) in [7, 11) is 0. The van der Waals surface area contributed by atoms with E-state index in [9.17, 15) is 14.4 Å². The van der Waals surface area contributed by atoms with E-state index in [-0.39, 0.29) is 6.42 Å². The first-order valence-corrected chi connectivity index (χ1v) is 5.64. The Morgan fingerprint density at radius 3 is 2.26 bits per heavy atom. The number of carbonyl (C=O) groups excluding carboxylic acids is 2. The van der Waals surface area contributed by atoms with Crippen LogP contribution in [0.15, 0.2) is 24.3 Å². The van der Waals surface area contributed by atoms with Crippen LogP contribution in [0.5, 0.6) is 0 Å². The number of carboxylic acids is 1. The van der Waals surface area contributed by atoms with E-state index in [2.05, 4.69) is 10.6 Å². The average Bonchev–Trinajstić information content (AvgIpc) is 2.36. The van der Waals surface area contributed by atoms with Crippen LogP contribution in [-0.2, 0) is 4.79 Å². The second-order valence-electron chi connectivity index (χ2n) is 3.84. The van der Waals surface area contributed by atoms with Gasteiger partial charge in [-0.05, 0) is 30.7 Å². The molecule has 0 aliphatic carbocycles. The van der Waals surface area contributed by atoms with E-state index in [1.54, 1.807) is 6.92 Å². The molecule has 0 fully saturated rings. The number of carbonyl (C=O) groups is 3. The Morgan fingerprint density at radius 2 is 1.84 bits per heavy atom. The Labute approximate surface area is 109 Å². The lowest BCUT2D eigenvalue weighted by Gasteiger charge is -2.13. The van der Waals surface area contributed by atoms with Crippen molar-refractivity contribution in [3.05, 3.63) is 29.8 Å². The maximum Gasteiger partial charge on any atom is 0.326 e. The van der Waals surface area contributed by atoms with Gasteiger partial charge in [-0.1, -0.05) is 6.92 Å². The van der Waals surface area contributed by atoms with Crippen LogP contribution >= 0.6 is 0 Å². The molecule has 0 aromatic heterocycles. The Morgan fingerprint density at radius 1 is 1.26 bits per heavy atom. The molecule has 7 heteroatoms. The second kappa shape index (κ2) is 6.39. The molecule has 1 atom stereocenters. The van der Waals surface area contributed by atoms with Gasteiger partial charge in [0.25, 0.3) is 0 Å². The highest BCUT2D eigenvalue weighted by molar-refractivity contribution is 5.95. The standard InChI is InChI=1S/C12H15N3O4/c1-2-9(11(17)18)15-12(19)14-8-5-3-7(4-6-8)10(13)16/h3-6,9H,2H2,1H3,(H2,13,16)(H,17,18)(H2,14,15,19)/t9-/m1/s1. The largest absolute Gasteiger partial charge is 0.480 e. The quantitative estimate of drug-likeness (QED) is 0.628. The molecular weight excluding hydrogens is 250 g/mol. The van der Waals surface area contributed by atoms with Crippen LogP contribution in [0.3, 0.4) is 0 Å². The maximum atomic E-state index is 11.5. The Balaban J connectivity index is 2.61. The highest BCUT2D eigenvalue weighted by Gasteiger charge is 2.17. The van der Waals surface area contributed by atoms with Crippen molar-refractivity contribution >= 4 is 23.6 Å². The predicted molar refractivity (Wildman–Crippen MR) is 68.8 cm³/mol. The van der Waals surface area contributed by atoms with Crippen molar-refractivity contribution in [2.45, 2.75) is 19.4 Å². The van der Waals surface area contributed by atoms with Crippen LogP contribution in [0.25, 0.3) is 0 Å². The summed E-state index contributed by atoms with van der Waals surface area (Å²) in [6.07, 6.45) is 0.281. The van der Waals surface area contributed by atoms with Gasteiger partial charge in [0.05, 0.1) is 0 Å². The topological polar surface area (TPSA) is 122 Å². The van der Waals surface area contributed by atoms with Crippen LogP contribution in [0.4, 0.5) is 10.5 Å². The zero-order chi connectivity index (χ0) is 14.4. The first-order valence-electron chi connectivity index (χ1n) is 5.64. The van der Waals surface area contributed by atoms with Gasteiger partial charge in [0.15, 0.2) is 0 Å². The van der Waals surface area contributed by atoms with E-state index in [4.69, 9.17) is 10.8 Å². The Hall–Kier alpha value is -2.57. The number of hydrogen-bond acceptors (Lipinski definition) is 3. The molecule has 1 aromatic carbocycles. The molecule has 102 valence electrons. The molecule has 1 aromatic rings. The summed E-state index contributed by atoms with van der Waals surface area (Å²) in [5.41, 5.74) is 5.83. The number of nitrogens with one attached hydrogen (secondary N) is 2. The fourth-order valence-corrected chi connectivity index (χ4v) is 1.38. The van der Waals surface area contributed by atoms with E-state index in [0.29, 0.717) is 11.3 Å². The lowest BCUT2D eigenvalue weighted by molar-refractivity contribution is -0.139.